The van der Waals surface area contributed by atoms with Crippen molar-refractivity contribution in [3.8, 4) is 0 Å². The molecule has 0 saturated carbocycles. The van der Waals surface area contributed by atoms with E-state index in [9.17, 15) is 4.79 Å². The predicted octanol–water partition coefficient (Wildman–Crippen LogP) is 0.211. The molecule has 1 saturated heterocycles. The molecular formula is C13H27N3O2. The highest BCUT2D eigenvalue weighted by molar-refractivity contribution is 5.77. The van der Waals surface area contributed by atoms with Crippen molar-refractivity contribution in [2.24, 2.45) is 0 Å². The van der Waals surface area contributed by atoms with Gasteiger partial charge in [0.25, 0.3) is 0 Å². The third-order valence-corrected chi connectivity index (χ3v) is 2.91. The summed E-state index contributed by atoms with van der Waals surface area (Å²) >= 11 is 0. The Labute approximate surface area is 110 Å². The third kappa shape index (κ3) is 6.93. The van der Waals surface area contributed by atoms with E-state index in [1.54, 1.807) is 0 Å². The Kier molecular flexibility index (Phi) is 7.23. The number of rotatable bonds is 7. The summed E-state index contributed by atoms with van der Waals surface area (Å²) in [5.74, 6) is 0.119. The fourth-order valence-electron chi connectivity index (χ4n) is 2.03. The molecule has 0 unspecified atom stereocenters. The van der Waals surface area contributed by atoms with Gasteiger partial charge in [-0.05, 0) is 27.2 Å². The Morgan fingerprint density at radius 3 is 3.00 bits per heavy atom. The van der Waals surface area contributed by atoms with E-state index >= 15 is 0 Å². The van der Waals surface area contributed by atoms with Crippen molar-refractivity contribution in [1.29, 1.82) is 0 Å². The van der Waals surface area contributed by atoms with Crippen LogP contribution in [0.15, 0.2) is 0 Å². The quantitative estimate of drug-likeness (QED) is 0.640. The highest BCUT2D eigenvalue weighted by Crippen LogP contribution is 1.97. The van der Waals surface area contributed by atoms with Gasteiger partial charge in [-0.25, -0.2) is 0 Å². The lowest BCUT2D eigenvalue weighted by Gasteiger charge is -2.31. The van der Waals surface area contributed by atoms with E-state index in [4.69, 9.17) is 4.74 Å². The smallest absolute Gasteiger partial charge is 0.234 e. The van der Waals surface area contributed by atoms with Gasteiger partial charge < -0.3 is 15.4 Å². The first kappa shape index (κ1) is 15.4. The van der Waals surface area contributed by atoms with Crippen LogP contribution in [0.4, 0.5) is 0 Å². The maximum absolute atomic E-state index is 11.7. The minimum atomic E-state index is 0.119. The molecule has 0 aliphatic carbocycles. The maximum atomic E-state index is 11.7. The summed E-state index contributed by atoms with van der Waals surface area (Å²) in [5, 5.41) is 6.30. The Bertz CT molecular complexity index is 246. The molecule has 0 bridgehead atoms. The lowest BCUT2D eigenvalue weighted by atomic mass is 10.2. The molecule has 1 atom stereocenters. The molecule has 0 radical (unpaired) electrons. The second-order valence-corrected chi connectivity index (χ2v) is 5.21. The zero-order valence-corrected chi connectivity index (χ0v) is 11.9. The fraction of sp³-hybridized carbons (Fsp3) is 0.923. The molecule has 5 nitrogen and oxygen atoms in total. The van der Waals surface area contributed by atoms with Crippen LogP contribution in [0.3, 0.4) is 0 Å². The molecule has 106 valence electrons. The van der Waals surface area contributed by atoms with Crippen LogP contribution in [-0.2, 0) is 9.53 Å². The minimum Gasteiger partial charge on any atom is -0.379 e. The van der Waals surface area contributed by atoms with Crippen LogP contribution in [-0.4, -0.2) is 62.3 Å². The van der Waals surface area contributed by atoms with Gasteiger partial charge in [-0.2, -0.15) is 0 Å². The van der Waals surface area contributed by atoms with Crippen molar-refractivity contribution in [3.63, 3.8) is 0 Å². The van der Waals surface area contributed by atoms with Gasteiger partial charge in [0.2, 0.25) is 5.91 Å². The zero-order chi connectivity index (χ0) is 13.4. The Morgan fingerprint density at radius 1 is 1.56 bits per heavy atom. The molecule has 0 spiro atoms. The van der Waals surface area contributed by atoms with Crippen LogP contribution in [0.5, 0.6) is 0 Å². The average Bonchev–Trinajstić information content (AvgIpc) is 2.28. The van der Waals surface area contributed by atoms with E-state index in [-0.39, 0.29) is 12.0 Å². The van der Waals surface area contributed by atoms with Gasteiger partial charge >= 0.3 is 0 Å². The third-order valence-electron chi connectivity index (χ3n) is 2.91. The Hall–Kier alpha value is -0.650. The SMILES string of the molecule is CC(C)OCCCNC(=O)CN1CCN[C@@H](C)C1. The number of amides is 1. The first-order chi connectivity index (χ1) is 8.58. The van der Waals surface area contributed by atoms with Crippen molar-refractivity contribution < 1.29 is 9.53 Å². The van der Waals surface area contributed by atoms with Crippen LogP contribution in [0, 0.1) is 0 Å². The van der Waals surface area contributed by atoms with E-state index in [0.29, 0.717) is 25.7 Å². The maximum Gasteiger partial charge on any atom is 0.234 e. The van der Waals surface area contributed by atoms with Crippen molar-refractivity contribution in [1.82, 2.24) is 15.5 Å². The number of ether oxygens (including phenoxy) is 1. The number of hydrogen-bond donors (Lipinski definition) is 2. The van der Waals surface area contributed by atoms with Crippen LogP contribution in [0.2, 0.25) is 0 Å². The van der Waals surface area contributed by atoms with Crippen molar-refractivity contribution in [2.45, 2.75) is 39.3 Å². The second-order valence-electron chi connectivity index (χ2n) is 5.21. The molecule has 1 aliphatic rings. The number of nitrogens with zero attached hydrogens (tertiary/aromatic N) is 1. The van der Waals surface area contributed by atoms with E-state index in [2.05, 4.69) is 22.5 Å². The van der Waals surface area contributed by atoms with Crippen LogP contribution < -0.4 is 10.6 Å². The largest absolute Gasteiger partial charge is 0.379 e. The molecule has 1 aliphatic heterocycles. The first-order valence-electron chi connectivity index (χ1n) is 6.92. The van der Waals surface area contributed by atoms with Crippen LogP contribution in [0.25, 0.3) is 0 Å². The zero-order valence-electron chi connectivity index (χ0n) is 11.9. The lowest BCUT2D eigenvalue weighted by Crippen LogP contribution is -2.51. The fourth-order valence-corrected chi connectivity index (χ4v) is 2.03. The molecule has 18 heavy (non-hydrogen) atoms. The number of piperazine rings is 1. The molecule has 2 N–H and O–H groups in total. The van der Waals surface area contributed by atoms with Crippen LogP contribution in [0.1, 0.15) is 27.2 Å². The molecule has 1 fully saturated rings. The summed E-state index contributed by atoms with van der Waals surface area (Å²) < 4.78 is 5.42. The summed E-state index contributed by atoms with van der Waals surface area (Å²) in [4.78, 5) is 13.9. The second kappa shape index (κ2) is 8.45. The van der Waals surface area contributed by atoms with E-state index < -0.39 is 0 Å². The monoisotopic (exact) mass is 257 g/mol. The van der Waals surface area contributed by atoms with Gasteiger partial charge in [-0.3, -0.25) is 9.69 Å². The van der Waals surface area contributed by atoms with Crippen LogP contribution >= 0.6 is 0 Å². The molecule has 0 aromatic rings. The Balaban J connectivity index is 2.03. The molecule has 1 heterocycles. The number of hydrogen-bond acceptors (Lipinski definition) is 4. The average molecular weight is 257 g/mol. The van der Waals surface area contributed by atoms with Gasteiger partial charge in [0, 0.05) is 38.8 Å². The molecular weight excluding hydrogens is 230 g/mol. The standard InChI is InChI=1S/C13H27N3O2/c1-11(2)18-8-4-5-15-13(17)10-16-7-6-14-12(3)9-16/h11-12,14H,4-10H2,1-3H3,(H,15,17)/t12-/m0/s1. The highest BCUT2D eigenvalue weighted by Gasteiger charge is 2.17. The summed E-state index contributed by atoms with van der Waals surface area (Å²) in [6.07, 6.45) is 1.14. The predicted molar refractivity (Wildman–Crippen MR) is 72.6 cm³/mol. The number of nitrogens with one attached hydrogen (secondary N) is 2. The summed E-state index contributed by atoms with van der Waals surface area (Å²) in [5.41, 5.74) is 0. The summed E-state index contributed by atoms with van der Waals surface area (Å²) in [6.45, 7) is 11.0. The van der Waals surface area contributed by atoms with Gasteiger partial charge in [-0.15, -0.1) is 0 Å². The number of carbonyl (C=O) groups is 1. The lowest BCUT2D eigenvalue weighted by molar-refractivity contribution is -0.122. The van der Waals surface area contributed by atoms with Crippen molar-refractivity contribution >= 4 is 5.91 Å². The van der Waals surface area contributed by atoms with Gasteiger partial charge in [0.1, 0.15) is 0 Å². The molecule has 1 amide bonds. The van der Waals surface area contributed by atoms with E-state index in [0.717, 1.165) is 26.1 Å². The van der Waals surface area contributed by atoms with Crippen molar-refractivity contribution in [3.05, 3.63) is 0 Å². The van der Waals surface area contributed by atoms with Gasteiger partial charge in [0.05, 0.1) is 12.6 Å². The highest BCUT2D eigenvalue weighted by atomic mass is 16.5. The molecule has 0 aromatic heterocycles. The van der Waals surface area contributed by atoms with E-state index in [1.807, 2.05) is 13.8 Å². The summed E-state index contributed by atoms with van der Waals surface area (Å²) in [7, 11) is 0. The Morgan fingerprint density at radius 2 is 2.33 bits per heavy atom. The van der Waals surface area contributed by atoms with Gasteiger partial charge in [-0.1, -0.05) is 0 Å². The normalized spacial score (nSPS) is 21.2. The van der Waals surface area contributed by atoms with Crippen molar-refractivity contribution in [2.75, 3.05) is 39.3 Å². The molecule has 0 aromatic carbocycles. The number of carbonyl (C=O) groups excluding carboxylic acids is 1. The topological polar surface area (TPSA) is 53.6 Å². The first-order valence-corrected chi connectivity index (χ1v) is 6.92. The van der Waals surface area contributed by atoms with E-state index in [1.165, 1.54) is 0 Å². The molecule has 1 rings (SSSR count). The minimum absolute atomic E-state index is 0.119. The summed E-state index contributed by atoms with van der Waals surface area (Å²) in [6, 6.07) is 0.478. The molecule has 5 heteroatoms. The van der Waals surface area contributed by atoms with Gasteiger partial charge in [0.15, 0.2) is 0 Å².